The summed E-state index contributed by atoms with van der Waals surface area (Å²) in [4.78, 5) is 28.0. The summed E-state index contributed by atoms with van der Waals surface area (Å²) in [5, 5.41) is 11.5. The fraction of sp³-hybridized carbons (Fsp3) is 0.0769. The van der Waals surface area contributed by atoms with Gasteiger partial charge in [-0.1, -0.05) is 34.1 Å². The average Bonchev–Trinajstić information content (AvgIpc) is 3.37. The van der Waals surface area contributed by atoms with Gasteiger partial charge in [0.2, 0.25) is 5.78 Å². The van der Waals surface area contributed by atoms with Gasteiger partial charge in [-0.25, -0.2) is 4.39 Å². The number of rotatable bonds is 5. The molecule has 0 bridgehead atoms. The molecule has 1 amide bonds. The predicted octanol–water partition coefficient (Wildman–Crippen LogP) is 6.13. The summed E-state index contributed by atoms with van der Waals surface area (Å²) in [6.07, 6.45) is 0. The van der Waals surface area contributed by atoms with Gasteiger partial charge < -0.3 is 14.3 Å². The minimum Gasteiger partial charge on any atom is -0.503 e. The number of aliphatic hydroxyl groups excluding tert-OH is 1. The molecule has 0 saturated carbocycles. The lowest BCUT2D eigenvalue weighted by atomic mass is 9.94. The van der Waals surface area contributed by atoms with Crippen LogP contribution in [0, 0.1) is 5.82 Å². The van der Waals surface area contributed by atoms with Crippen LogP contribution in [0.3, 0.4) is 0 Å². The van der Waals surface area contributed by atoms with E-state index in [1.54, 1.807) is 48.5 Å². The standard InChI is InChI=1S/C26H17BrFNO5/c1-33-19-7-2-4-14(11-19)23-22(24(30)21-12-15-10-16(27)8-9-20(15)34-21)25(31)26(32)29(23)18-6-3-5-17(28)13-18/h2-13,23,31H,1H3. The topological polar surface area (TPSA) is 80.0 Å². The highest BCUT2D eigenvalue weighted by Crippen LogP contribution is 2.43. The largest absolute Gasteiger partial charge is 0.503 e. The van der Waals surface area contributed by atoms with Crippen molar-refractivity contribution >= 4 is 44.3 Å². The van der Waals surface area contributed by atoms with E-state index in [2.05, 4.69) is 15.9 Å². The van der Waals surface area contributed by atoms with Crippen LogP contribution in [0.25, 0.3) is 11.0 Å². The SMILES string of the molecule is COc1cccc(C2C(C(=O)c3cc4cc(Br)ccc4o3)=C(O)C(=O)N2c2cccc(F)c2)c1. The number of halogens is 2. The Morgan fingerprint density at radius 2 is 1.88 bits per heavy atom. The van der Waals surface area contributed by atoms with E-state index in [0.29, 0.717) is 22.3 Å². The molecule has 5 rings (SSSR count). The minimum atomic E-state index is -1.03. The molecule has 3 aromatic carbocycles. The molecule has 0 radical (unpaired) electrons. The third kappa shape index (κ3) is 3.66. The smallest absolute Gasteiger partial charge is 0.294 e. The summed E-state index contributed by atoms with van der Waals surface area (Å²) < 4.78 is 25.9. The van der Waals surface area contributed by atoms with Gasteiger partial charge in [0.25, 0.3) is 5.91 Å². The summed E-state index contributed by atoms with van der Waals surface area (Å²) in [5.41, 5.74) is 1.01. The Morgan fingerprint density at radius 1 is 1.09 bits per heavy atom. The number of aliphatic hydroxyl groups is 1. The number of methoxy groups -OCH3 is 1. The lowest BCUT2D eigenvalue weighted by Gasteiger charge is -2.27. The number of Topliss-reactive ketones (excluding diaryl/α,β-unsaturated/α-hetero) is 1. The van der Waals surface area contributed by atoms with Crippen molar-refractivity contribution in [3.63, 3.8) is 0 Å². The Kier molecular flexibility index (Phi) is 5.45. The first kappa shape index (κ1) is 21.9. The van der Waals surface area contributed by atoms with Crippen molar-refractivity contribution in [2.45, 2.75) is 6.04 Å². The number of fused-ring (bicyclic) bond motifs is 1. The number of ether oxygens (including phenoxy) is 1. The molecule has 1 aromatic heterocycles. The minimum absolute atomic E-state index is 0.0311. The third-order valence-corrected chi connectivity index (χ3v) is 6.14. The first-order chi connectivity index (χ1) is 16.4. The van der Waals surface area contributed by atoms with Crippen LogP contribution >= 0.6 is 15.9 Å². The fourth-order valence-corrected chi connectivity index (χ4v) is 4.49. The van der Waals surface area contributed by atoms with E-state index >= 15 is 0 Å². The number of carbonyl (C=O) groups excluding carboxylic acids is 2. The quantitative estimate of drug-likeness (QED) is 0.319. The van der Waals surface area contributed by atoms with E-state index in [-0.39, 0.29) is 17.0 Å². The van der Waals surface area contributed by atoms with E-state index in [0.717, 1.165) is 4.47 Å². The molecule has 1 unspecified atom stereocenters. The van der Waals surface area contributed by atoms with Crippen LogP contribution in [0.15, 0.2) is 93.0 Å². The summed E-state index contributed by atoms with van der Waals surface area (Å²) in [5.74, 6) is -2.28. The number of hydrogen-bond acceptors (Lipinski definition) is 5. The zero-order valence-electron chi connectivity index (χ0n) is 17.8. The van der Waals surface area contributed by atoms with Crippen molar-refractivity contribution in [3.05, 3.63) is 106 Å². The van der Waals surface area contributed by atoms with Crippen molar-refractivity contribution in [1.82, 2.24) is 0 Å². The van der Waals surface area contributed by atoms with Gasteiger partial charge in [0, 0.05) is 15.5 Å². The molecule has 0 fully saturated rings. The molecule has 1 aliphatic rings. The molecule has 0 saturated heterocycles. The van der Waals surface area contributed by atoms with Crippen LogP contribution in [0.4, 0.5) is 10.1 Å². The summed E-state index contributed by atoms with van der Waals surface area (Å²) in [7, 11) is 1.50. The fourth-order valence-electron chi connectivity index (χ4n) is 4.12. The second-order valence-corrected chi connectivity index (χ2v) is 8.63. The maximum Gasteiger partial charge on any atom is 0.294 e. The monoisotopic (exact) mass is 521 g/mol. The average molecular weight is 522 g/mol. The molecular weight excluding hydrogens is 505 g/mol. The van der Waals surface area contributed by atoms with Crippen molar-refractivity contribution in [2.75, 3.05) is 12.0 Å². The second kappa shape index (κ2) is 8.46. The molecule has 0 aliphatic carbocycles. The molecule has 34 heavy (non-hydrogen) atoms. The Bertz CT molecular complexity index is 1490. The number of ketones is 1. The maximum atomic E-state index is 14.0. The maximum absolute atomic E-state index is 14.0. The molecule has 2 heterocycles. The number of anilines is 1. The third-order valence-electron chi connectivity index (χ3n) is 5.65. The predicted molar refractivity (Wildman–Crippen MR) is 128 cm³/mol. The highest BCUT2D eigenvalue weighted by atomic mass is 79.9. The molecule has 6 nitrogen and oxygen atoms in total. The van der Waals surface area contributed by atoms with Gasteiger partial charge in [0.15, 0.2) is 11.5 Å². The molecule has 170 valence electrons. The van der Waals surface area contributed by atoms with Crippen LogP contribution in [0.2, 0.25) is 0 Å². The van der Waals surface area contributed by atoms with Crippen molar-refractivity contribution < 1.29 is 28.2 Å². The first-order valence-corrected chi connectivity index (χ1v) is 11.1. The normalized spacial score (nSPS) is 15.9. The van der Waals surface area contributed by atoms with Gasteiger partial charge in [-0.15, -0.1) is 0 Å². The lowest BCUT2D eigenvalue weighted by molar-refractivity contribution is -0.117. The van der Waals surface area contributed by atoms with Crippen molar-refractivity contribution in [1.29, 1.82) is 0 Å². The van der Waals surface area contributed by atoms with Crippen LogP contribution in [-0.4, -0.2) is 23.9 Å². The summed E-state index contributed by atoms with van der Waals surface area (Å²) in [6.45, 7) is 0. The highest BCUT2D eigenvalue weighted by molar-refractivity contribution is 9.10. The van der Waals surface area contributed by atoms with Crippen molar-refractivity contribution in [2.24, 2.45) is 0 Å². The Morgan fingerprint density at radius 3 is 2.65 bits per heavy atom. The van der Waals surface area contributed by atoms with Gasteiger partial charge in [0.1, 0.15) is 17.1 Å². The number of furan rings is 1. The van der Waals surface area contributed by atoms with E-state index in [9.17, 15) is 19.1 Å². The molecule has 1 atom stereocenters. The number of carbonyl (C=O) groups is 2. The van der Waals surface area contributed by atoms with E-state index < -0.39 is 29.3 Å². The second-order valence-electron chi connectivity index (χ2n) is 7.72. The van der Waals surface area contributed by atoms with Gasteiger partial charge in [-0.05, 0) is 60.2 Å². The Balaban J connectivity index is 1.67. The molecule has 0 spiro atoms. The summed E-state index contributed by atoms with van der Waals surface area (Å²) >= 11 is 3.39. The van der Waals surface area contributed by atoms with Crippen LogP contribution < -0.4 is 9.64 Å². The van der Waals surface area contributed by atoms with E-state index in [1.807, 2.05) is 0 Å². The highest BCUT2D eigenvalue weighted by Gasteiger charge is 2.45. The summed E-state index contributed by atoms with van der Waals surface area (Å²) in [6, 6.07) is 18.0. The van der Waals surface area contributed by atoms with E-state index in [1.165, 1.54) is 36.3 Å². The van der Waals surface area contributed by atoms with Gasteiger partial charge >= 0.3 is 0 Å². The molecular formula is C26H17BrFNO5. The van der Waals surface area contributed by atoms with Crippen LogP contribution in [0.1, 0.15) is 22.2 Å². The molecule has 8 heteroatoms. The lowest BCUT2D eigenvalue weighted by Crippen LogP contribution is -2.31. The van der Waals surface area contributed by atoms with E-state index in [4.69, 9.17) is 9.15 Å². The number of nitrogens with zero attached hydrogens (tertiary/aromatic N) is 1. The molecule has 1 N–H and O–H groups in total. The van der Waals surface area contributed by atoms with Gasteiger partial charge in [0.05, 0.1) is 18.7 Å². The number of benzene rings is 3. The number of hydrogen-bond donors (Lipinski definition) is 1. The van der Waals surface area contributed by atoms with Gasteiger partial charge in [-0.3, -0.25) is 14.5 Å². The van der Waals surface area contributed by atoms with Crippen molar-refractivity contribution in [3.8, 4) is 5.75 Å². The van der Waals surface area contributed by atoms with Gasteiger partial charge in [-0.2, -0.15) is 0 Å². The first-order valence-electron chi connectivity index (χ1n) is 10.3. The Hall–Kier alpha value is -3.91. The number of amides is 1. The Labute approximate surface area is 202 Å². The molecule has 4 aromatic rings. The zero-order valence-corrected chi connectivity index (χ0v) is 19.4. The zero-order chi connectivity index (χ0) is 24.0. The van der Waals surface area contributed by atoms with Crippen LogP contribution in [0.5, 0.6) is 5.75 Å². The van der Waals surface area contributed by atoms with Crippen LogP contribution in [-0.2, 0) is 4.79 Å². The molecule has 1 aliphatic heterocycles.